The molecule has 4 aromatic rings. The number of aryl methyl sites for hydroxylation is 1. The molecule has 0 saturated carbocycles. The molecule has 4 rings (SSSR count). The molecule has 230 valence electrons. The number of carbonyl (C=O) groups is 2. The molecule has 0 radical (unpaired) electrons. The molecule has 0 aromatic heterocycles. The van der Waals surface area contributed by atoms with Gasteiger partial charge in [0.1, 0.15) is 18.4 Å². The number of benzene rings is 4. The van der Waals surface area contributed by atoms with E-state index in [0.717, 1.165) is 21.5 Å². The largest absolute Gasteiger partial charge is 0.355 e. The summed E-state index contributed by atoms with van der Waals surface area (Å²) >= 11 is 12.4. The molecule has 44 heavy (non-hydrogen) atoms. The fourth-order valence-corrected chi connectivity index (χ4v) is 6.43. The molecule has 1 N–H and O–H groups in total. The van der Waals surface area contributed by atoms with Crippen LogP contribution >= 0.6 is 23.2 Å². The van der Waals surface area contributed by atoms with Crippen molar-refractivity contribution >= 4 is 50.7 Å². The summed E-state index contributed by atoms with van der Waals surface area (Å²) in [7, 11) is -4.42. The van der Waals surface area contributed by atoms with E-state index >= 15 is 4.39 Å². The molecule has 0 aliphatic carbocycles. The molecule has 11 heteroatoms. The van der Waals surface area contributed by atoms with E-state index in [1.165, 1.54) is 35.2 Å². The lowest BCUT2D eigenvalue weighted by Crippen LogP contribution is -2.53. The highest BCUT2D eigenvalue weighted by atomic mass is 35.5. The van der Waals surface area contributed by atoms with E-state index in [4.69, 9.17) is 23.2 Å². The van der Waals surface area contributed by atoms with Crippen LogP contribution in [0.15, 0.2) is 102 Å². The number of likely N-dealkylation sites (N-methyl/N-ethyl adjacent to an activating group) is 1. The van der Waals surface area contributed by atoms with Crippen LogP contribution in [-0.4, -0.2) is 44.3 Å². The van der Waals surface area contributed by atoms with E-state index in [1.54, 1.807) is 37.3 Å². The fraction of sp³-hybridized carbons (Fsp3) is 0.212. The van der Waals surface area contributed by atoms with E-state index in [1.807, 2.05) is 37.3 Å². The number of nitrogens with one attached hydrogen (secondary N) is 1. The Morgan fingerprint density at radius 3 is 2.16 bits per heavy atom. The first-order valence-electron chi connectivity index (χ1n) is 13.9. The summed E-state index contributed by atoms with van der Waals surface area (Å²) in [6.45, 7) is 3.01. The van der Waals surface area contributed by atoms with Crippen molar-refractivity contribution in [2.75, 3.05) is 17.4 Å². The van der Waals surface area contributed by atoms with E-state index in [2.05, 4.69) is 5.32 Å². The van der Waals surface area contributed by atoms with Crippen molar-refractivity contribution in [1.82, 2.24) is 10.2 Å². The lowest BCUT2D eigenvalue weighted by molar-refractivity contribution is -0.140. The summed E-state index contributed by atoms with van der Waals surface area (Å²) in [5, 5.41) is 3.36. The van der Waals surface area contributed by atoms with Gasteiger partial charge in [-0.3, -0.25) is 13.9 Å². The number of para-hydroxylation sites is 1. The van der Waals surface area contributed by atoms with Gasteiger partial charge in [0.15, 0.2) is 0 Å². The van der Waals surface area contributed by atoms with Gasteiger partial charge in [0.05, 0.1) is 20.6 Å². The van der Waals surface area contributed by atoms with Gasteiger partial charge in [-0.25, -0.2) is 12.8 Å². The molecule has 0 fully saturated rings. The smallest absolute Gasteiger partial charge is 0.264 e. The minimum Gasteiger partial charge on any atom is -0.355 e. The number of nitrogens with zero attached hydrogens (tertiary/aromatic N) is 2. The van der Waals surface area contributed by atoms with Crippen LogP contribution in [-0.2, 0) is 32.6 Å². The highest BCUT2D eigenvalue weighted by molar-refractivity contribution is 7.92. The summed E-state index contributed by atoms with van der Waals surface area (Å²) in [6.07, 6.45) is 0.143. The number of rotatable bonds is 12. The molecule has 0 saturated heterocycles. The zero-order chi connectivity index (χ0) is 31.9. The van der Waals surface area contributed by atoms with Gasteiger partial charge in [0, 0.05) is 19.5 Å². The van der Waals surface area contributed by atoms with Gasteiger partial charge < -0.3 is 10.2 Å². The number of carbonyl (C=O) groups excluding carboxylic acids is 2. The van der Waals surface area contributed by atoms with Crippen LogP contribution in [0.4, 0.5) is 10.1 Å². The minimum absolute atomic E-state index is 0.0972. The van der Waals surface area contributed by atoms with Crippen LogP contribution in [0.1, 0.15) is 23.6 Å². The van der Waals surface area contributed by atoms with Crippen LogP contribution < -0.4 is 9.62 Å². The van der Waals surface area contributed by atoms with Crippen LogP contribution in [0.5, 0.6) is 0 Å². The van der Waals surface area contributed by atoms with Crippen LogP contribution in [0.25, 0.3) is 0 Å². The Morgan fingerprint density at radius 2 is 1.52 bits per heavy atom. The maximum absolute atomic E-state index is 15.2. The van der Waals surface area contributed by atoms with Crippen LogP contribution in [0.2, 0.25) is 10.0 Å². The Hall–Kier alpha value is -3.92. The van der Waals surface area contributed by atoms with Gasteiger partial charge in [-0.1, -0.05) is 89.4 Å². The van der Waals surface area contributed by atoms with Crippen LogP contribution in [0, 0.1) is 12.7 Å². The standard InChI is InChI=1S/C33H32Cl2FN3O4S/c1-3-37-33(41)31(20-24-9-5-4-6-10-24)38(21-25-15-18-27(34)28(35)19-25)32(40)22-39(30-12-8-7-11-29(30)36)44(42,43)26-16-13-23(2)14-17-26/h4-19,31H,3,20-22H2,1-2H3,(H,37,41)/t31-/m0/s1. The molecule has 0 aliphatic rings. The monoisotopic (exact) mass is 655 g/mol. The number of hydrogen-bond acceptors (Lipinski definition) is 4. The topological polar surface area (TPSA) is 86.8 Å². The average Bonchev–Trinajstić information content (AvgIpc) is 3.00. The molecule has 0 heterocycles. The SMILES string of the molecule is CCNC(=O)[C@H](Cc1ccccc1)N(Cc1ccc(Cl)c(Cl)c1)C(=O)CN(c1ccccc1F)S(=O)(=O)c1ccc(C)cc1. The number of hydrogen-bond donors (Lipinski definition) is 1. The molecule has 0 unspecified atom stereocenters. The number of anilines is 1. The Morgan fingerprint density at radius 1 is 0.864 bits per heavy atom. The maximum atomic E-state index is 15.2. The van der Waals surface area contributed by atoms with Crippen molar-refractivity contribution < 1.29 is 22.4 Å². The number of halogens is 3. The van der Waals surface area contributed by atoms with Gasteiger partial charge in [-0.15, -0.1) is 0 Å². The zero-order valence-corrected chi connectivity index (χ0v) is 26.5. The van der Waals surface area contributed by atoms with Crippen molar-refractivity contribution in [2.45, 2.75) is 37.8 Å². The van der Waals surface area contributed by atoms with Crippen molar-refractivity contribution in [3.05, 3.63) is 130 Å². The lowest BCUT2D eigenvalue weighted by atomic mass is 10.0. The summed E-state index contributed by atoms with van der Waals surface area (Å²) in [6, 6.07) is 24.3. The summed E-state index contributed by atoms with van der Waals surface area (Å²) in [5.74, 6) is -1.97. The Labute approximate surface area is 267 Å². The fourth-order valence-electron chi connectivity index (χ4n) is 4.69. The van der Waals surface area contributed by atoms with E-state index in [0.29, 0.717) is 17.1 Å². The Balaban J connectivity index is 1.82. The number of sulfonamides is 1. The zero-order valence-electron chi connectivity index (χ0n) is 24.2. The van der Waals surface area contributed by atoms with Crippen molar-refractivity contribution in [3.8, 4) is 0 Å². The van der Waals surface area contributed by atoms with Gasteiger partial charge in [-0.05, 0) is 61.4 Å². The van der Waals surface area contributed by atoms with Gasteiger partial charge >= 0.3 is 0 Å². The second kappa shape index (κ2) is 14.7. The van der Waals surface area contributed by atoms with Crippen molar-refractivity contribution in [2.24, 2.45) is 0 Å². The van der Waals surface area contributed by atoms with Gasteiger partial charge in [0.2, 0.25) is 11.8 Å². The molecule has 7 nitrogen and oxygen atoms in total. The van der Waals surface area contributed by atoms with E-state index in [9.17, 15) is 18.0 Å². The van der Waals surface area contributed by atoms with Crippen LogP contribution in [0.3, 0.4) is 0 Å². The number of amides is 2. The van der Waals surface area contributed by atoms with Gasteiger partial charge in [0.25, 0.3) is 10.0 Å². The Kier molecular flexibility index (Phi) is 11.0. The van der Waals surface area contributed by atoms with Crippen molar-refractivity contribution in [1.29, 1.82) is 0 Å². The normalized spacial score (nSPS) is 11.9. The predicted molar refractivity (Wildman–Crippen MR) is 172 cm³/mol. The molecule has 4 aromatic carbocycles. The molecule has 2 amide bonds. The average molecular weight is 657 g/mol. The highest BCUT2D eigenvalue weighted by Gasteiger charge is 2.35. The minimum atomic E-state index is -4.42. The van der Waals surface area contributed by atoms with Gasteiger partial charge in [-0.2, -0.15) is 0 Å². The van der Waals surface area contributed by atoms with Crippen molar-refractivity contribution in [3.63, 3.8) is 0 Å². The highest BCUT2D eigenvalue weighted by Crippen LogP contribution is 2.28. The summed E-state index contributed by atoms with van der Waals surface area (Å²) < 4.78 is 43.9. The third-order valence-electron chi connectivity index (χ3n) is 6.97. The molecule has 0 bridgehead atoms. The first-order chi connectivity index (χ1) is 21.0. The lowest BCUT2D eigenvalue weighted by Gasteiger charge is -2.34. The molecule has 0 spiro atoms. The first kappa shape index (κ1) is 33.0. The van der Waals surface area contributed by atoms with E-state index in [-0.39, 0.29) is 28.6 Å². The summed E-state index contributed by atoms with van der Waals surface area (Å²) in [5.41, 5.74) is 1.88. The molecule has 0 aliphatic heterocycles. The second-order valence-corrected chi connectivity index (χ2v) is 12.8. The molecule has 1 atom stereocenters. The molecular weight excluding hydrogens is 624 g/mol. The molecular formula is C33H32Cl2FN3O4S. The second-order valence-electron chi connectivity index (χ2n) is 10.1. The Bertz CT molecular complexity index is 1720. The predicted octanol–water partition coefficient (Wildman–Crippen LogP) is 6.41. The third kappa shape index (κ3) is 7.96. The third-order valence-corrected chi connectivity index (χ3v) is 9.48. The quantitative estimate of drug-likeness (QED) is 0.191. The summed E-state index contributed by atoms with van der Waals surface area (Å²) in [4.78, 5) is 29.0. The maximum Gasteiger partial charge on any atom is 0.264 e. The first-order valence-corrected chi connectivity index (χ1v) is 16.1. The van der Waals surface area contributed by atoms with E-state index < -0.39 is 40.2 Å².